The molecule has 0 amide bonds. The molecule has 0 aliphatic carbocycles. The van der Waals surface area contributed by atoms with Crippen LogP contribution in [0.5, 0.6) is 11.5 Å². The summed E-state index contributed by atoms with van der Waals surface area (Å²) in [5.41, 5.74) is 0.0587. The Morgan fingerprint density at radius 3 is 2.58 bits per heavy atom. The second-order valence-electron chi connectivity index (χ2n) is 6.43. The summed E-state index contributed by atoms with van der Waals surface area (Å²) in [6.07, 6.45) is 0.896. The van der Waals surface area contributed by atoms with E-state index < -0.39 is 5.60 Å². The van der Waals surface area contributed by atoms with Crippen LogP contribution in [0, 0.1) is 6.92 Å². The maximum atomic E-state index is 10.7. The lowest BCUT2D eigenvalue weighted by Gasteiger charge is -2.26. The van der Waals surface area contributed by atoms with Gasteiger partial charge in [0.1, 0.15) is 30.3 Å². The number of hydrogen-bond donors (Lipinski definition) is 2. The van der Waals surface area contributed by atoms with Gasteiger partial charge in [-0.05, 0) is 50.1 Å². The van der Waals surface area contributed by atoms with Crippen LogP contribution in [-0.2, 0) is 5.60 Å². The lowest BCUT2D eigenvalue weighted by Crippen LogP contribution is -2.37. The maximum Gasteiger partial charge on any atom is 0.161 e. The first kappa shape index (κ1) is 16.9. The molecular formula is C19H25NO4. The van der Waals surface area contributed by atoms with Crippen LogP contribution in [0.4, 0.5) is 0 Å². The predicted octanol–water partition coefficient (Wildman–Crippen LogP) is 3.31. The number of nitrogens with one attached hydrogen (secondary N) is 1. The Kier molecular flexibility index (Phi) is 4.83. The van der Waals surface area contributed by atoms with Crippen molar-refractivity contribution in [3.8, 4) is 11.5 Å². The maximum absolute atomic E-state index is 10.7. The molecule has 0 saturated heterocycles. The smallest absolute Gasteiger partial charge is 0.161 e. The molecule has 0 spiro atoms. The Balaban J connectivity index is 1.70. The first-order valence-corrected chi connectivity index (χ1v) is 8.42. The molecular weight excluding hydrogens is 306 g/mol. The van der Waals surface area contributed by atoms with Crippen LogP contribution in [0.1, 0.15) is 43.4 Å². The van der Waals surface area contributed by atoms with Crippen molar-refractivity contribution in [3.05, 3.63) is 47.4 Å². The zero-order chi connectivity index (χ0) is 17.2. The van der Waals surface area contributed by atoms with Crippen LogP contribution in [0.15, 0.2) is 34.7 Å². The summed E-state index contributed by atoms with van der Waals surface area (Å²) in [6.45, 7) is 7.30. The summed E-state index contributed by atoms with van der Waals surface area (Å²) in [6, 6.07) is 9.80. The van der Waals surface area contributed by atoms with Crippen molar-refractivity contribution in [2.24, 2.45) is 0 Å². The minimum Gasteiger partial charge on any atom is -0.486 e. The molecule has 0 saturated carbocycles. The average Bonchev–Trinajstić information content (AvgIpc) is 3.02. The molecule has 2 unspecified atom stereocenters. The molecule has 0 radical (unpaired) electrons. The molecule has 2 aromatic rings. The largest absolute Gasteiger partial charge is 0.486 e. The van der Waals surface area contributed by atoms with Gasteiger partial charge in [0.2, 0.25) is 0 Å². The minimum atomic E-state index is -1.06. The molecule has 24 heavy (non-hydrogen) atoms. The Morgan fingerprint density at radius 2 is 1.92 bits per heavy atom. The summed E-state index contributed by atoms with van der Waals surface area (Å²) >= 11 is 0. The van der Waals surface area contributed by atoms with Crippen LogP contribution in [0.25, 0.3) is 0 Å². The van der Waals surface area contributed by atoms with E-state index in [-0.39, 0.29) is 6.04 Å². The van der Waals surface area contributed by atoms with Gasteiger partial charge in [-0.1, -0.05) is 13.0 Å². The lowest BCUT2D eigenvalue weighted by atomic mass is 10.00. The Bertz CT molecular complexity index is 692. The number of rotatable bonds is 6. The van der Waals surface area contributed by atoms with Gasteiger partial charge in [0.25, 0.3) is 0 Å². The van der Waals surface area contributed by atoms with Gasteiger partial charge in [-0.3, -0.25) is 0 Å². The molecule has 5 heteroatoms. The monoisotopic (exact) mass is 331 g/mol. The minimum absolute atomic E-state index is 0.114. The second-order valence-corrected chi connectivity index (χ2v) is 6.43. The van der Waals surface area contributed by atoms with E-state index in [0.717, 1.165) is 29.2 Å². The van der Waals surface area contributed by atoms with Gasteiger partial charge in [-0.25, -0.2) is 0 Å². The van der Waals surface area contributed by atoms with E-state index in [1.165, 1.54) is 0 Å². The molecule has 0 bridgehead atoms. The van der Waals surface area contributed by atoms with Crippen molar-refractivity contribution in [1.29, 1.82) is 0 Å². The van der Waals surface area contributed by atoms with Crippen LogP contribution >= 0.6 is 0 Å². The first-order chi connectivity index (χ1) is 11.5. The fraction of sp³-hybridized carbons (Fsp3) is 0.474. The van der Waals surface area contributed by atoms with Gasteiger partial charge >= 0.3 is 0 Å². The van der Waals surface area contributed by atoms with Crippen LogP contribution in [0.3, 0.4) is 0 Å². The van der Waals surface area contributed by atoms with Crippen molar-refractivity contribution in [2.45, 2.75) is 38.8 Å². The zero-order valence-electron chi connectivity index (χ0n) is 14.5. The number of fused-ring (bicyclic) bond motifs is 1. The number of hydrogen-bond acceptors (Lipinski definition) is 5. The molecule has 1 aromatic carbocycles. The Labute approximate surface area is 142 Å². The van der Waals surface area contributed by atoms with Gasteiger partial charge in [0.15, 0.2) is 11.5 Å². The molecule has 2 atom stereocenters. The summed E-state index contributed by atoms with van der Waals surface area (Å²) in [7, 11) is 0. The third-order valence-corrected chi connectivity index (χ3v) is 4.34. The summed E-state index contributed by atoms with van der Waals surface area (Å²) in [5.74, 6) is 2.94. The Morgan fingerprint density at radius 1 is 1.17 bits per heavy atom. The van der Waals surface area contributed by atoms with Crippen molar-refractivity contribution in [3.63, 3.8) is 0 Å². The molecule has 3 rings (SSSR count). The molecule has 2 heterocycles. The van der Waals surface area contributed by atoms with Crippen molar-refractivity contribution in [1.82, 2.24) is 5.32 Å². The number of benzene rings is 1. The molecule has 1 aliphatic rings. The van der Waals surface area contributed by atoms with Crippen molar-refractivity contribution >= 4 is 0 Å². The zero-order valence-corrected chi connectivity index (χ0v) is 14.5. The highest BCUT2D eigenvalue weighted by Crippen LogP contribution is 2.33. The predicted molar refractivity (Wildman–Crippen MR) is 91.5 cm³/mol. The third kappa shape index (κ3) is 3.57. The van der Waals surface area contributed by atoms with Gasteiger partial charge in [0, 0.05) is 12.6 Å². The second kappa shape index (κ2) is 6.87. The van der Waals surface area contributed by atoms with Gasteiger partial charge in [0.05, 0.1) is 0 Å². The molecule has 5 nitrogen and oxygen atoms in total. The van der Waals surface area contributed by atoms with Gasteiger partial charge in [-0.15, -0.1) is 0 Å². The fourth-order valence-electron chi connectivity index (χ4n) is 2.91. The normalized spacial score (nSPS) is 17.3. The van der Waals surface area contributed by atoms with Crippen molar-refractivity contribution < 1.29 is 19.0 Å². The summed E-state index contributed by atoms with van der Waals surface area (Å²) < 4.78 is 16.8. The summed E-state index contributed by atoms with van der Waals surface area (Å²) in [4.78, 5) is 0. The van der Waals surface area contributed by atoms with E-state index in [9.17, 15) is 5.11 Å². The first-order valence-electron chi connectivity index (χ1n) is 8.42. The van der Waals surface area contributed by atoms with E-state index >= 15 is 0 Å². The van der Waals surface area contributed by atoms with E-state index in [4.69, 9.17) is 13.9 Å². The average molecular weight is 331 g/mol. The van der Waals surface area contributed by atoms with Crippen molar-refractivity contribution in [2.75, 3.05) is 19.8 Å². The van der Waals surface area contributed by atoms with Gasteiger partial charge in [-0.2, -0.15) is 0 Å². The SMILES string of the molecule is CCC(NCC(C)(O)c1ccc(C)o1)c1ccc2c(c1)OCCO2. The van der Waals surface area contributed by atoms with Crippen LogP contribution in [-0.4, -0.2) is 24.9 Å². The number of aryl methyl sites for hydroxylation is 1. The molecule has 1 aliphatic heterocycles. The van der Waals surface area contributed by atoms with Gasteiger partial charge < -0.3 is 24.3 Å². The highest BCUT2D eigenvalue weighted by Gasteiger charge is 2.28. The Hall–Kier alpha value is -1.98. The molecule has 1 aromatic heterocycles. The quantitative estimate of drug-likeness (QED) is 0.850. The van der Waals surface area contributed by atoms with Crippen LogP contribution < -0.4 is 14.8 Å². The molecule has 0 fully saturated rings. The number of aliphatic hydroxyl groups is 1. The molecule has 2 N–H and O–H groups in total. The van der Waals surface area contributed by atoms with E-state index in [0.29, 0.717) is 25.5 Å². The number of ether oxygens (including phenoxy) is 2. The standard InChI is InChI=1S/C19H25NO4/c1-4-15(14-6-7-16-17(11-14)23-10-9-22-16)20-12-19(3,21)18-8-5-13(2)24-18/h5-8,11,15,20-21H,4,9-10,12H2,1-3H3. The highest BCUT2D eigenvalue weighted by atomic mass is 16.6. The van der Waals surface area contributed by atoms with E-state index in [1.54, 1.807) is 6.92 Å². The lowest BCUT2D eigenvalue weighted by molar-refractivity contribution is 0.0306. The number of furan rings is 1. The fourth-order valence-corrected chi connectivity index (χ4v) is 2.91. The molecule has 130 valence electrons. The highest BCUT2D eigenvalue weighted by molar-refractivity contribution is 5.44. The van der Waals surface area contributed by atoms with Crippen LogP contribution in [0.2, 0.25) is 0 Å². The van der Waals surface area contributed by atoms with E-state index in [1.807, 2.05) is 37.3 Å². The summed E-state index contributed by atoms with van der Waals surface area (Å²) in [5, 5.41) is 14.1. The topological polar surface area (TPSA) is 63.9 Å². The third-order valence-electron chi connectivity index (χ3n) is 4.34. The van der Waals surface area contributed by atoms with E-state index in [2.05, 4.69) is 12.2 Å².